The average Bonchev–Trinajstić information content (AvgIpc) is 2.95. The number of ether oxygens (including phenoxy) is 1. The molecule has 0 saturated carbocycles. The van der Waals surface area contributed by atoms with Crippen molar-refractivity contribution >= 4 is 0 Å². The van der Waals surface area contributed by atoms with E-state index in [9.17, 15) is 0 Å². The first-order chi connectivity index (χ1) is 9.11. The number of aromatic nitrogens is 5. The molecule has 3 heterocycles. The Balaban J connectivity index is 1.81. The molecule has 19 heavy (non-hydrogen) atoms. The van der Waals surface area contributed by atoms with E-state index in [1.54, 1.807) is 4.68 Å². The molecule has 3 atom stereocenters. The summed E-state index contributed by atoms with van der Waals surface area (Å²) in [5.41, 5.74) is 1.69. The number of nitrogens with zero attached hydrogens (tertiary/aromatic N) is 5. The van der Waals surface area contributed by atoms with E-state index < -0.39 is 0 Å². The maximum atomic E-state index is 5.76. The highest BCUT2D eigenvalue weighted by Crippen LogP contribution is 2.28. The zero-order valence-electron chi connectivity index (χ0n) is 11.5. The van der Waals surface area contributed by atoms with Gasteiger partial charge in [0, 0.05) is 13.2 Å². The van der Waals surface area contributed by atoms with E-state index in [1.165, 1.54) is 0 Å². The van der Waals surface area contributed by atoms with Crippen molar-refractivity contribution in [1.82, 2.24) is 24.8 Å². The van der Waals surface area contributed by atoms with E-state index in [0.29, 0.717) is 6.04 Å². The first-order valence-corrected chi connectivity index (χ1v) is 6.69. The molecule has 0 amide bonds. The van der Waals surface area contributed by atoms with E-state index >= 15 is 0 Å². The predicted molar refractivity (Wildman–Crippen MR) is 70.5 cm³/mol. The monoisotopic (exact) mass is 261 g/mol. The molecule has 0 N–H and O–H groups in total. The summed E-state index contributed by atoms with van der Waals surface area (Å²) in [5.74, 6) is 0. The molecule has 3 rings (SSSR count). The van der Waals surface area contributed by atoms with E-state index in [4.69, 9.17) is 4.74 Å². The summed E-state index contributed by atoms with van der Waals surface area (Å²) in [7, 11) is 1.90. The van der Waals surface area contributed by atoms with E-state index in [2.05, 4.69) is 29.3 Å². The van der Waals surface area contributed by atoms with E-state index in [0.717, 1.165) is 24.2 Å². The predicted octanol–water partition coefficient (Wildman–Crippen LogP) is 1.81. The molecule has 0 spiro atoms. The Morgan fingerprint density at radius 1 is 1.21 bits per heavy atom. The molecule has 1 fully saturated rings. The minimum atomic E-state index is 0.274. The van der Waals surface area contributed by atoms with Crippen molar-refractivity contribution < 1.29 is 4.74 Å². The normalized spacial score (nSPS) is 27.6. The Hall–Kier alpha value is -1.69. The van der Waals surface area contributed by atoms with Crippen LogP contribution in [0, 0.1) is 0 Å². The minimum Gasteiger partial charge on any atom is -0.375 e. The lowest BCUT2D eigenvalue weighted by molar-refractivity contribution is -0.0508. The van der Waals surface area contributed by atoms with Crippen LogP contribution in [-0.2, 0) is 11.8 Å². The van der Waals surface area contributed by atoms with Crippen molar-refractivity contribution in [1.29, 1.82) is 0 Å². The lowest BCUT2D eigenvalue weighted by Crippen LogP contribution is -2.31. The van der Waals surface area contributed by atoms with Gasteiger partial charge in [0.1, 0.15) is 11.4 Å². The average molecular weight is 261 g/mol. The third kappa shape index (κ3) is 2.53. The molecule has 0 radical (unpaired) electrons. The third-order valence-electron chi connectivity index (χ3n) is 3.53. The second-order valence-electron chi connectivity index (χ2n) is 5.34. The van der Waals surface area contributed by atoms with Gasteiger partial charge in [-0.3, -0.25) is 4.68 Å². The van der Waals surface area contributed by atoms with Crippen LogP contribution in [0.2, 0.25) is 0 Å². The zero-order chi connectivity index (χ0) is 13.4. The first kappa shape index (κ1) is 12.3. The van der Waals surface area contributed by atoms with Crippen molar-refractivity contribution in [2.45, 2.75) is 44.9 Å². The van der Waals surface area contributed by atoms with Crippen LogP contribution in [0.15, 0.2) is 18.5 Å². The number of aryl methyl sites for hydroxylation is 1. The molecule has 0 aromatic carbocycles. The smallest absolute Gasteiger partial charge is 0.133 e. The molecule has 1 aliphatic rings. The fourth-order valence-corrected chi connectivity index (χ4v) is 2.71. The Labute approximate surface area is 112 Å². The van der Waals surface area contributed by atoms with Gasteiger partial charge in [-0.25, -0.2) is 4.68 Å². The first-order valence-electron chi connectivity index (χ1n) is 6.69. The maximum absolute atomic E-state index is 5.76. The molecule has 0 aliphatic carbocycles. The molecule has 6 heteroatoms. The Kier molecular flexibility index (Phi) is 3.10. The van der Waals surface area contributed by atoms with E-state index in [1.807, 2.05) is 30.2 Å². The van der Waals surface area contributed by atoms with Crippen LogP contribution in [0.5, 0.6) is 0 Å². The largest absolute Gasteiger partial charge is 0.375 e. The molecule has 1 saturated heterocycles. The quantitative estimate of drug-likeness (QED) is 0.827. The van der Waals surface area contributed by atoms with Crippen molar-refractivity contribution in [2.75, 3.05) is 0 Å². The van der Waals surface area contributed by atoms with Crippen LogP contribution in [0.25, 0.3) is 11.4 Å². The van der Waals surface area contributed by atoms with Crippen LogP contribution < -0.4 is 0 Å². The second kappa shape index (κ2) is 4.77. The number of hydrogen-bond donors (Lipinski definition) is 0. The molecular weight excluding hydrogens is 242 g/mol. The molecule has 2 aromatic heterocycles. The molecule has 2 aromatic rings. The van der Waals surface area contributed by atoms with E-state index in [-0.39, 0.29) is 12.2 Å². The topological polar surface area (TPSA) is 57.8 Å². The summed E-state index contributed by atoms with van der Waals surface area (Å²) in [4.78, 5) is 0. The van der Waals surface area contributed by atoms with Gasteiger partial charge in [-0.15, -0.1) is 5.10 Å². The van der Waals surface area contributed by atoms with Crippen molar-refractivity contribution in [3.8, 4) is 11.4 Å². The summed E-state index contributed by atoms with van der Waals surface area (Å²) >= 11 is 0. The minimum absolute atomic E-state index is 0.274. The zero-order valence-corrected chi connectivity index (χ0v) is 11.5. The van der Waals surface area contributed by atoms with Crippen molar-refractivity contribution in [2.24, 2.45) is 7.05 Å². The molecular formula is C13H19N5O. The van der Waals surface area contributed by atoms with Gasteiger partial charge in [0.25, 0.3) is 0 Å². The van der Waals surface area contributed by atoms with Crippen LogP contribution in [-0.4, -0.2) is 37.0 Å². The number of rotatable bonds is 2. The summed E-state index contributed by atoms with van der Waals surface area (Å²) < 4.78 is 9.48. The van der Waals surface area contributed by atoms with Gasteiger partial charge in [-0.05, 0) is 32.8 Å². The van der Waals surface area contributed by atoms with Gasteiger partial charge in [0.15, 0.2) is 0 Å². The fraction of sp³-hybridized carbons (Fsp3) is 0.615. The van der Waals surface area contributed by atoms with Crippen molar-refractivity contribution in [3.05, 3.63) is 18.5 Å². The SMILES string of the molecule is C[C@@H]1CC(n2cc(-c3ccn(C)n3)nn2)C[C@H](C)O1. The fourth-order valence-electron chi connectivity index (χ4n) is 2.71. The van der Waals surface area contributed by atoms with Gasteiger partial charge < -0.3 is 4.74 Å². The van der Waals surface area contributed by atoms with Gasteiger partial charge >= 0.3 is 0 Å². The summed E-state index contributed by atoms with van der Waals surface area (Å²) in [6.45, 7) is 4.22. The van der Waals surface area contributed by atoms with Gasteiger partial charge in [0.05, 0.1) is 24.4 Å². The Morgan fingerprint density at radius 3 is 2.58 bits per heavy atom. The Bertz CT molecular complexity index is 551. The van der Waals surface area contributed by atoms with Crippen molar-refractivity contribution in [3.63, 3.8) is 0 Å². The van der Waals surface area contributed by atoms with Crippen LogP contribution in [0.1, 0.15) is 32.7 Å². The van der Waals surface area contributed by atoms with Crippen LogP contribution >= 0.6 is 0 Å². The van der Waals surface area contributed by atoms with Crippen LogP contribution in [0.3, 0.4) is 0 Å². The molecule has 1 aliphatic heterocycles. The summed E-state index contributed by atoms with van der Waals surface area (Å²) in [5, 5.41) is 12.8. The van der Waals surface area contributed by atoms with Gasteiger partial charge in [-0.2, -0.15) is 5.10 Å². The highest BCUT2D eigenvalue weighted by atomic mass is 16.5. The maximum Gasteiger partial charge on any atom is 0.133 e. The highest BCUT2D eigenvalue weighted by Gasteiger charge is 2.26. The lowest BCUT2D eigenvalue weighted by Gasteiger charge is -2.31. The third-order valence-corrected chi connectivity index (χ3v) is 3.53. The molecule has 6 nitrogen and oxygen atoms in total. The standard InChI is InChI=1S/C13H19N5O/c1-9-6-11(7-10(2)19-9)18-8-13(14-16-18)12-4-5-17(3)15-12/h4-5,8-11H,6-7H2,1-3H3/t9-,10+,11?. The van der Waals surface area contributed by atoms with Crippen LogP contribution in [0.4, 0.5) is 0 Å². The molecule has 1 unspecified atom stereocenters. The Morgan fingerprint density at radius 2 is 1.95 bits per heavy atom. The lowest BCUT2D eigenvalue weighted by atomic mass is 10.0. The summed E-state index contributed by atoms with van der Waals surface area (Å²) in [6, 6.07) is 2.31. The second-order valence-corrected chi connectivity index (χ2v) is 5.34. The molecule has 102 valence electrons. The molecule has 0 bridgehead atoms. The van der Waals surface area contributed by atoms with Gasteiger partial charge in [0.2, 0.25) is 0 Å². The highest BCUT2D eigenvalue weighted by molar-refractivity contribution is 5.51. The number of hydrogen-bond acceptors (Lipinski definition) is 4. The van der Waals surface area contributed by atoms with Gasteiger partial charge in [-0.1, -0.05) is 5.21 Å². The summed E-state index contributed by atoms with van der Waals surface area (Å²) in [6.07, 6.45) is 6.41.